The van der Waals surface area contributed by atoms with Gasteiger partial charge in [-0.1, -0.05) is 0 Å². The van der Waals surface area contributed by atoms with Crippen molar-refractivity contribution in [3.05, 3.63) is 0 Å². The molecule has 0 amide bonds. The van der Waals surface area contributed by atoms with E-state index in [2.05, 4.69) is 27.1 Å². The van der Waals surface area contributed by atoms with E-state index in [9.17, 15) is 8.42 Å². The molecular formula is C5H10N2O2S2. The van der Waals surface area contributed by atoms with Crippen LogP contribution in [0.15, 0.2) is 4.99 Å². The van der Waals surface area contributed by atoms with Gasteiger partial charge in [-0.25, -0.2) is 18.1 Å². The zero-order chi connectivity index (χ0) is 8.74. The second-order valence-corrected chi connectivity index (χ2v) is 4.01. The van der Waals surface area contributed by atoms with Gasteiger partial charge in [0.05, 0.1) is 18.0 Å². The van der Waals surface area contributed by atoms with Gasteiger partial charge in [0, 0.05) is 6.54 Å². The highest BCUT2D eigenvalue weighted by Crippen LogP contribution is 1.79. The normalized spacial score (nSPS) is 10.6. The van der Waals surface area contributed by atoms with Crippen molar-refractivity contribution >= 4 is 27.4 Å². The van der Waals surface area contributed by atoms with Gasteiger partial charge in [-0.2, -0.15) is 0 Å². The number of rotatable bonds is 5. The summed E-state index contributed by atoms with van der Waals surface area (Å²) in [7, 11) is -3.05. The van der Waals surface area contributed by atoms with Crippen molar-refractivity contribution in [1.82, 2.24) is 4.72 Å². The SMILES string of the molecule is CS(=O)(=O)NCCCN=C=S. The average molecular weight is 194 g/mol. The van der Waals surface area contributed by atoms with Crippen LogP contribution in [0.4, 0.5) is 0 Å². The Morgan fingerprint density at radius 2 is 2.27 bits per heavy atom. The highest BCUT2D eigenvalue weighted by molar-refractivity contribution is 7.88. The maximum absolute atomic E-state index is 10.5. The van der Waals surface area contributed by atoms with E-state index in [1.165, 1.54) is 0 Å². The molecule has 11 heavy (non-hydrogen) atoms. The quantitative estimate of drug-likeness (QED) is 0.381. The summed E-state index contributed by atoms with van der Waals surface area (Å²) >= 11 is 4.32. The Bertz CT molecular complexity index is 241. The first-order chi connectivity index (χ1) is 5.06. The van der Waals surface area contributed by atoms with Crippen LogP contribution in [0.25, 0.3) is 0 Å². The van der Waals surface area contributed by atoms with Crippen molar-refractivity contribution in [2.45, 2.75) is 6.42 Å². The van der Waals surface area contributed by atoms with Crippen molar-refractivity contribution in [1.29, 1.82) is 0 Å². The minimum atomic E-state index is -3.05. The highest BCUT2D eigenvalue weighted by Gasteiger charge is 1.96. The molecule has 0 spiro atoms. The predicted molar refractivity (Wildman–Crippen MR) is 47.4 cm³/mol. The fourth-order valence-corrected chi connectivity index (χ4v) is 1.07. The van der Waals surface area contributed by atoms with Crippen LogP contribution in [-0.2, 0) is 10.0 Å². The number of aliphatic imine (C=N–C) groups is 1. The zero-order valence-corrected chi connectivity index (χ0v) is 7.83. The Morgan fingerprint density at radius 1 is 1.64 bits per heavy atom. The summed E-state index contributed by atoms with van der Waals surface area (Å²) in [6.07, 6.45) is 1.77. The molecule has 1 N–H and O–H groups in total. The van der Waals surface area contributed by atoms with Gasteiger partial charge < -0.3 is 0 Å². The van der Waals surface area contributed by atoms with Crippen LogP contribution in [0, 0.1) is 0 Å². The third-order valence-corrected chi connectivity index (χ3v) is 1.73. The van der Waals surface area contributed by atoms with Crippen LogP contribution < -0.4 is 4.72 Å². The minimum Gasteiger partial charge on any atom is -0.232 e. The van der Waals surface area contributed by atoms with Gasteiger partial charge >= 0.3 is 0 Å². The average Bonchev–Trinajstić information content (AvgIpc) is 1.85. The molecule has 0 fully saturated rings. The van der Waals surface area contributed by atoms with Crippen LogP contribution in [0.1, 0.15) is 6.42 Å². The van der Waals surface area contributed by atoms with Gasteiger partial charge in [0.1, 0.15) is 0 Å². The van der Waals surface area contributed by atoms with Crippen molar-refractivity contribution in [3.8, 4) is 0 Å². The first kappa shape index (κ1) is 10.7. The third kappa shape index (κ3) is 9.71. The second-order valence-electron chi connectivity index (χ2n) is 1.99. The summed E-state index contributed by atoms with van der Waals surface area (Å²) in [5, 5.41) is 2.20. The van der Waals surface area contributed by atoms with Crippen LogP contribution in [0.5, 0.6) is 0 Å². The molecule has 0 aliphatic heterocycles. The monoisotopic (exact) mass is 194 g/mol. The molecule has 0 atom stereocenters. The van der Waals surface area contributed by atoms with Gasteiger partial charge in [0.15, 0.2) is 0 Å². The summed E-state index contributed by atoms with van der Waals surface area (Å²) in [6.45, 7) is 0.922. The molecule has 0 rings (SSSR count). The van der Waals surface area contributed by atoms with Crippen molar-refractivity contribution < 1.29 is 8.42 Å². The molecule has 0 aromatic rings. The number of hydrogen-bond donors (Lipinski definition) is 1. The van der Waals surface area contributed by atoms with Crippen LogP contribution in [0.2, 0.25) is 0 Å². The van der Waals surface area contributed by atoms with Gasteiger partial charge in [-0.15, -0.1) is 0 Å². The fourth-order valence-electron chi connectivity index (χ4n) is 0.461. The van der Waals surface area contributed by atoms with E-state index in [1.807, 2.05) is 0 Å². The number of hydrogen-bond acceptors (Lipinski definition) is 4. The molecule has 0 saturated carbocycles. The number of isothiocyanates is 1. The van der Waals surface area contributed by atoms with Crippen molar-refractivity contribution in [2.75, 3.05) is 19.3 Å². The zero-order valence-electron chi connectivity index (χ0n) is 6.20. The van der Waals surface area contributed by atoms with Gasteiger partial charge in [0.25, 0.3) is 0 Å². The van der Waals surface area contributed by atoms with E-state index in [-0.39, 0.29) is 0 Å². The molecule has 0 radical (unpaired) electrons. The second kappa shape index (κ2) is 5.37. The Morgan fingerprint density at radius 3 is 2.73 bits per heavy atom. The van der Waals surface area contributed by atoms with Crippen molar-refractivity contribution in [2.24, 2.45) is 4.99 Å². The summed E-state index contributed by atoms with van der Waals surface area (Å²) in [4.78, 5) is 3.62. The number of nitrogens with one attached hydrogen (secondary N) is 1. The fraction of sp³-hybridized carbons (Fsp3) is 0.800. The first-order valence-corrected chi connectivity index (χ1v) is 5.34. The van der Waals surface area contributed by atoms with Crippen LogP contribution >= 0.6 is 12.2 Å². The maximum atomic E-state index is 10.5. The number of sulfonamides is 1. The third-order valence-electron chi connectivity index (χ3n) is 0.875. The van der Waals surface area contributed by atoms with E-state index in [0.29, 0.717) is 19.5 Å². The Balaban J connectivity index is 3.36. The molecule has 0 aliphatic rings. The maximum Gasteiger partial charge on any atom is 0.208 e. The molecule has 0 aliphatic carbocycles. The largest absolute Gasteiger partial charge is 0.232 e. The topological polar surface area (TPSA) is 58.5 Å². The standard InChI is InChI=1S/C5H10N2O2S2/c1-11(8,9)7-4-2-3-6-5-10/h7H,2-4H2,1H3. The van der Waals surface area contributed by atoms with Crippen molar-refractivity contribution in [3.63, 3.8) is 0 Å². The number of nitrogens with zero attached hydrogens (tertiary/aromatic N) is 1. The molecule has 0 aromatic heterocycles. The lowest BCUT2D eigenvalue weighted by atomic mass is 10.4. The van der Waals surface area contributed by atoms with E-state index in [1.54, 1.807) is 0 Å². The van der Waals surface area contributed by atoms with E-state index in [0.717, 1.165) is 6.26 Å². The summed E-state index contributed by atoms with van der Waals surface area (Å²) in [5.74, 6) is 0. The Kier molecular flexibility index (Phi) is 5.23. The first-order valence-electron chi connectivity index (χ1n) is 3.04. The Labute approximate surface area is 71.8 Å². The van der Waals surface area contributed by atoms with E-state index >= 15 is 0 Å². The molecule has 6 heteroatoms. The summed E-state index contributed by atoms with van der Waals surface area (Å²) in [6, 6.07) is 0. The highest BCUT2D eigenvalue weighted by atomic mass is 32.2. The Hall–Kier alpha value is -0.290. The van der Waals surface area contributed by atoms with Crippen LogP contribution in [0.3, 0.4) is 0 Å². The lowest BCUT2D eigenvalue weighted by Gasteiger charge is -1.97. The molecule has 0 bridgehead atoms. The van der Waals surface area contributed by atoms with Gasteiger partial charge in [-0.05, 0) is 18.6 Å². The molecule has 64 valence electrons. The molecule has 4 nitrogen and oxygen atoms in total. The molecule has 0 aromatic carbocycles. The minimum absolute atomic E-state index is 0.402. The van der Waals surface area contributed by atoms with E-state index < -0.39 is 10.0 Å². The summed E-state index contributed by atoms with van der Waals surface area (Å²) in [5.41, 5.74) is 0. The molecule has 0 heterocycles. The molecular weight excluding hydrogens is 184 g/mol. The lowest BCUT2D eigenvalue weighted by molar-refractivity contribution is 0.586. The summed E-state index contributed by atoms with van der Waals surface area (Å²) < 4.78 is 23.3. The smallest absolute Gasteiger partial charge is 0.208 e. The molecule has 0 unspecified atom stereocenters. The van der Waals surface area contributed by atoms with E-state index in [4.69, 9.17) is 0 Å². The van der Waals surface area contributed by atoms with Gasteiger partial charge in [-0.3, -0.25) is 0 Å². The number of thiocarbonyl (C=S) groups is 1. The lowest BCUT2D eigenvalue weighted by Crippen LogP contribution is -2.23. The van der Waals surface area contributed by atoms with Crippen LogP contribution in [-0.4, -0.2) is 32.9 Å². The van der Waals surface area contributed by atoms with Gasteiger partial charge in [0.2, 0.25) is 10.0 Å². The predicted octanol–water partition coefficient (Wildman–Crippen LogP) is 0.0285. The molecule has 0 saturated heterocycles.